The van der Waals surface area contributed by atoms with E-state index in [1.807, 2.05) is 6.07 Å². The van der Waals surface area contributed by atoms with Crippen molar-refractivity contribution in [3.8, 4) is 0 Å². The Morgan fingerprint density at radius 3 is 2.86 bits per heavy atom. The van der Waals surface area contributed by atoms with E-state index in [1.165, 1.54) is 0 Å². The molecule has 1 aromatic carbocycles. The van der Waals surface area contributed by atoms with Gasteiger partial charge in [0.25, 0.3) is 5.91 Å². The van der Waals surface area contributed by atoms with Crippen LogP contribution in [-0.4, -0.2) is 33.7 Å². The second kappa shape index (κ2) is 6.01. The minimum atomic E-state index is -0.949. The number of amides is 1. The summed E-state index contributed by atoms with van der Waals surface area (Å²) in [5, 5.41) is 18.7. The molecular weight excluding hydrogens is 282 g/mol. The Morgan fingerprint density at radius 2 is 2.14 bits per heavy atom. The summed E-state index contributed by atoms with van der Waals surface area (Å²) in [7, 11) is 0. The molecule has 22 heavy (non-hydrogen) atoms. The van der Waals surface area contributed by atoms with E-state index in [2.05, 4.69) is 15.5 Å². The van der Waals surface area contributed by atoms with E-state index in [4.69, 9.17) is 5.11 Å². The Balaban J connectivity index is 1.52. The Morgan fingerprint density at radius 1 is 1.32 bits per heavy atom. The highest BCUT2D eigenvalue weighted by Gasteiger charge is 2.26. The molecule has 114 valence electrons. The predicted octanol–water partition coefficient (Wildman–Crippen LogP) is 1.96. The first-order chi connectivity index (χ1) is 10.6. The van der Waals surface area contributed by atoms with Crippen molar-refractivity contribution in [2.75, 3.05) is 6.54 Å². The number of carbonyl (C=O) groups excluding carboxylic acids is 1. The van der Waals surface area contributed by atoms with E-state index in [-0.39, 0.29) is 11.5 Å². The zero-order chi connectivity index (χ0) is 15.5. The zero-order valence-corrected chi connectivity index (χ0v) is 12.0. The van der Waals surface area contributed by atoms with Crippen LogP contribution in [0.15, 0.2) is 30.3 Å². The molecule has 3 N–H and O–H groups in total. The number of aromatic amines is 1. The molecule has 0 unspecified atom stereocenters. The number of nitrogens with zero attached hydrogens (tertiary/aromatic N) is 1. The van der Waals surface area contributed by atoms with Crippen molar-refractivity contribution in [1.29, 1.82) is 0 Å². The van der Waals surface area contributed by atoms with Crippen LogP contribution >= 0.6 is 0 Å². The molecule has 1 aromatic heterocycles. The first kappa shape index (κ1) is 14.3. The van der Waals surface area contributed by atoms with Crippen molar-refractivity contribution in [2.45, 2.75) is 25.2 Å². The first-order valence-corrected chi connectivity index (χ1v) is 7.29. The normalized spacial score (nSPS) is 13.8. The molecule has 1 fully saturated rings. The van der Waals surface area contributed by atoms with Crippen LogP contribution < -0.4 is 5.32 Å². The van der Waals surface area contributed by atoms with Gasteiger partial charge in [-0.3, -0.25) is 9.89 Å². The van der Waals surface area contributed by atoms with E-state index < -0.39 is 5.97 Å². The van der Waals surface area contributed by atoms with Crippen LogP contribution in [0.2, 0.25) is 0 Å². The second-order valence-electron chi connectivity index (χ2n) is 5.49. The molecule has 2 aromatic rings. The average molecular weight is 299 g/mol. The van der Waals surface area contributed by atoms with Crippen molar-refractivity contribution >= 4 is 11.9 Å². The number of carboxylic acids is 1. The van der Waals surface area contributed by atoms with Crippen molar-refractivity contribution in [3.63, 3.8) is 0 Å². The Kier molecular flexibility index (Phi) is 3.91. The van der Waals surface area contributed by atoms with E-state index >= 15 is 0 Å². The van der Waals surface area contributed by atoms with Crippen LogP contribution in [0.25, 0.3) is 0 Å². The average Bonchev–Trinajstić information content (AvgIpc) is 3.24. The summed E-state index contributed by atoms with van der Waals surface area (Å²) < 4.78 is 0. The lowest BCUT2D eigenvalue weighted by Crippen LogP contribution is -2.26. The standard InChI is InChI=1S/C16H17N3O3/c20-15(14-9-13(18-19-14)11-4-5-11)17-7-6-10-2-1-3-12(8-10)16(21)22/h1-3,8-9,11H,4-7H2,(H,17,20)(H,18,19)(H,21,22). The molecular formula is C16H17N3O3. The van der Waals surface area contributed by atoms with Crippen LogP contribution in [0.4, 0.5) is 0 Å². The second-order valence-corrected chi connectivity index (χ2v) is 5.49. The highest BCUT2D eigenvalue weighted by atomic mass is 16.4. The number of carboxylic acid groups (broad SMARTS) is 1. The Hall–Kier alpha value is -2.63. The highest BCUT2D eigenvalue weighted by molar-refractivity contribution is 5.92. The summed E-state index contributed by atoms with van der Waals surface area (Å²) in [5.74, 6) is -0.625. The fourth-order valence-corrected chi connectivity index (χ4v) is 2.33. The van der Waals surface area contributed by atoms with Crippen LogP contribution in [0.5, 0.6) is 0 Å². The number of H-pyrrole nitrogens is 1. The molecule has 1 aliphatic carbocycles. The van der Waals surface area contributed by atoms with Gasteiger partial charge < -0.3 is 10.4 Å². The first-order valence-electron chi connectivity index (χ1n) is 7.29. The lowest BCUT2D eigenvalue weighted by Gasteiger charge is -2.04. The smallest absolute Gasteiger partial charge is 0.335 e. The number of hydrogen-bond acceptors (Lipinski definition) is 3. The van der Waals surface area contributed by atoms with Gasteiger partial charge in [-0.2, -0.15) is 5.10 Å². The van der Waals surface area contributed by atoms with E-state index in [1.54, 1.807) is 24.3 Å². The molecule has 1 heterocycles. The molecule has 3 rings (SSSR count). The van der Waals surface area contributed by atoms with Crippen molar-refractivity contribution in [2.24, 2.45) is 0 Å². The van der Waals surface area contributed by atoms with Gasteiger partial charge in [-0.15, -0.1) is 0 Å². The van der Waals surface area contributed by atoms with E-state index in [0.29, 0.717) is 24.6 Å². The molecule has 1 amide bonds. The highest BCUT2D eigenvalue weighted by Crippen LogP contribution is 2.38. The third-order valence-electron chi connectivity index (χ3n) is 3.72. The molecule has 0 atom stereocenters. The predicted molar refractivity (Wildman–Crippen MR) is 80.0 cm³/mol. The van der Waals surface area contributed by atoms with Crippen LogP contribution in [0.1, 0.15) is 50.9 Å². The van der Waals surface area contributed by atoms with Crippen LogP contribution in [0, 0.1) is 0 Å². The molecule has 1 aliphatic rings. The summed E-state index contributed by atoms with van der Waals surface area (Å²) in [6.45, 7) is 0.438. The van der Waals surface area contributed by atoms with Gasteiger partial charge in [0.15, 0.2) is 0 Å². The fourth-order valence-electron chi connectivity index (χ4n) is 2.33. The van der Waals surface area contributed by atoms with E-state index in [0.717, 1.165) is 24.1 Å². The molecule has 0 radical (unpaired) electrons. The lowest BCUT2D eigenvalue weighted by atomic mass is 10.1. The number of benzene rings is 1. The van der Waals surface area contributed by atoms with Gasteiger partial charge in [-0.1, -0.05) is 12.1 Å². The summed E-state index contributed by atoms with van der Waals surface area (Å²) in [6.07, 6.45) is 2.89. The molecule has 0 aliphatic heterocycles. The lowest BCUT2D eigenvalue weighted by molar-refractivity contribution is 0.0696. The molecule has 0 bridgehead atoms. The van der Waals surface area contributed by atoms with Crippen LogP contribution in [-0.2, 0) is 6.42 Å². The Bertz CT molecular complexity index is 704. The third kappa shape index (κ3) is 3.33. The van der Waals surface area contributed by atoms with Crippen molar-refractivity contribution < 1.29 is 14.7 Å². The number of rotatable bonds is 6. The minimum absolute atomic E-state index is 0.211. The molecule has 0 spiro atoms. The summed E-state index contributed by atoms with van der Waals surface area (Å²) in [4.78, 5) is 22.9. The Labute approximate surface area is 127 Å². The third-order valence-corrected chi connectivity index (χ3v) is 3.72. The number of nitrogens with one attached hydrogen (secondary N) is 2. The minimum Gasteiger partial charge on any atom is -0.478 e. The van der Waals surface area contributed by atoms with Crippen molar-refractivity contribution in [1.82, 2.24) is 15.5 Å². The molecule has 0 saturated heterocycles. The van der Waals surface area contributed by atoms with Gasteiger partial charge >= 0.3 is 5.97 Å². The molecule has 6 heteroatoms. The van der Waals surface area contributed by atoms with Gasteiger partial charge in [0.2, 0.25) is 0 Å². The zero-order valence-electron chi connectivity index (χ0n) is 12.0. The van der Waals surface area contributed by atoms with Crippen molar-refractivity contribution in [3.05, 3.63) is 52.8 Å². The summed E-state index contributed by atoms with van der Waals surface area (Å²) >= 11 is 0. The van der Waals surface area contributed by atoms with Gasteiger partial charge in [-0.25, -0.2) is 4.79 Å². The fraction of sp³-hybridized carbons (Fsp3) is 0.312. The monoisotopic (exact) mass is 299 g/mol. The number of aromatic carboxylic acids is 1. The number of carbonyl (C=O) groups is 2. The van der Waals surface area contributed by atoms with Gasteiger partial charge in [0, 0.05) is 18.2 Å². The maximum atomic E-state index is 12.0. The van der Waals surface area contributed by atoms with E-state index in [9.17, 15) is 9.59 Å². The summed E-state index contributed by atoms with van der Waals surface area (Å²) in [5.41, 5.74) is 2.56. The molecule has 1 saturated carbocycles. The maximum absolute atomic E-state index is 12.0. The quantitative estimate of drug-likeness (QED) is 0.760. The molecule has 6 nitrogen and oxygen atoms in total. The topological polar surface area (TPSA) is 95.1 Å². The largest absolute Gasteiger partial charge is 0.478 e. The number of aromatic nitrogens is 2. The SMILES string of the molecule is O=C(O)c1cccc(CCNC(=O)c2cc(C3CC3)[nH]n2)c1. The van der Waals surface area contributed by atoms with Gasteiger partial charge in [0.1, 0.15) is 5.69 Å². The van der Waals surface area contributed by atoms with Gasteiger partial charge in [-0.05, 0) is 43.0 Å². The van der Waals surface area contributed by atoms with Crippen LogP contribution in [0.3, 0.4) is 0 Å². The summed E-state index contributed by atoms with van der Waals surface area (Å²) in [6, 6.07) is 8.52. The maximum Gasteiger partial charge on any atom is 0.335 e. The van der Waals surface area contributed by atoms with Gasteiger partial charge in [0.05, 0.1) is 5.56 Å². The number of hydrogen-bond donors (Lipinski definition) is 3.